The summed E-state index contributed by atoms with van der Waals surface area (Å²) in [6.45, 7) is 6.85. The van der Waals surface area contributed by atoms with Crippen LogP contribution in [0.1, 0.15) is 52.9 Å². The van der Waals surface area contributed by atoms with Gasteiger partial charge in [-0.1, -0.05) is 26.7 Å². The highest BCUT2D eigenvalue weighted by Crippen LogP contribution is 2.45. The highest BCUT2D eigenvalue weighted by atomic mass is 15.2. The van der Waals surface area contributed by atoms with Crippen LogP contribution in [0.25, 0.3) is 0 Å². The van der Waals surface area contributed by atoms with Gasteiger partial charge in [0, 0.05) is 6.04 Å². The van der Waals surface area contributed by atoms with Crippen molar-refractivity contribution in [2.75, 3.05) is 0 Å². The normalized spacial score (nSPS) is 23.8. The molecule has 0 aromatic heterocycles. The summed E-state index contributed by atoms with van der Waals surface area (Å²) in [5.74, 6) is 6.35. The summed E-state index contributed by atoms with van der Waals surface area (Å²) < 4.78 is 0. The Morgan fingerprint density at radius 1 is 1.23 bits per heavy atom. The molecule has 78 valence electrons. The molecule has 0 heterocycles. The standard InChI is InChI=1S/C11H24N2/c1-9(2)8-11(10(3)13-12)6-4-5-7-11/h9-10,13H,4-8,12H2,1-3H3. The molecule has 0 spiro atoms. The third kappa shape index (κ3) is 2.44. The summed E-state index contributed by atoms with van der Waals surface area (Å²) in [5.41, 5.74) is 3.44. The molecule has 0 saturated heterocycles. The summed E-state index contributed by atoms with van der Waals surface area (Å²) in [6.07, 6.45) is 6.81. The lowest BCUT2D eigenvalue weighted by Crippen LogP contribution is -2.45. The van der Waals surface area contributed by atoms with E-state index in [0.717, 1.165) is 5.92 Å². The molecule has 1 aliphatic rings. The van der Waals surface area contributed by atoms with E-state index in [1.54, 1.807) is 0 Å². The molecule has 2 nitrogen and oxygen atoms in total. The van der Waals surface area contributed by atoms with Crippen LogP contribution in [0.15, 0.2) is 0 Å². The summed E-state index contributed by atoms with van der Waals surface area (Å²) in [4.78, 5) is 0. The minimum absolute atomic E-state index is 0.470. The van der Waals surface area contributed by atoms with Gasteiger partial charge in [-0.2, -0.15) is 0 Å². The third-order valence-corrected chi connectivity index (χ3v) is 3.58. The zero-order valence-corrected chi connectivity index (χ0v) is 9.27. The fraction of sp³-hybridized carbons (Fsp3) is 1.00. The van der Waals surface area contributed by atoms with Gasteiger partial charge in [0.05, 0.1) is 0 Å². The highest BCUT2D eigenvalue weighted by molar-refractivity contribution is 4.92. The van der Waals surface area contributed by atoms with Crippen LogP contribution in [0.3, 0.4) is 0 Å². The number of hydrogen-bond donors (Lipinski definition) is 2. The molecule has 0 bridgehead atoms. The fourth-order valence-corrected chi connectivity index (χ4v) is 2.88. The lowest BCUT2D eigenvalue weighted by Gasteiger charge is -2.36. The summed E-state index contributed by atoms with van der Waals surface area (Å²) >= 11 is 0. The first kappa shape index (κ1) is 11.0. The predicted octanol–water partition coefficient (Wildman–Crippen LogP) is 2.44. The summed E-state index contributed by atoms with van der Waals surface area (Å²) in [5, 5.41) is 0. The molecule has 0 radical (unpaired) electrons. The minimum atomic E-state index is 0.470. The molecule has 3 N–H and O–H groups in total. The SMILES string of the molecule is CC(C)CC1(C(C)NN)CCCC1. The van der Waals surface area contributed by atoms with Crippen LogP contribution in [-0.4, -0.2) is 6.04 Å². The molecule has 1 aliphatic carbocycles. The zero-order chi connectivity index (χ0) is 9.90. The van der Waals surface area contributed by atoms with Crippen LogP contribution in [0, 0.1) is 11.3 Å². The largest absolute Gasteiger partial charge is 0.271 e. The summed E-state index contributed by atoms with van der Waals surface area (Å²) in [6, 6.07) is 0.470. The molecule has 1 saturated carbocycles. The Kier molecular flexibility index (Phi) is 3.74. The number of rotatable bonds is 4. The maximum Gasteiger partial charge on any atom is 0.0238 e. The van der Waals surface area contributed by atoms with Crippen molar-refractivity contribution in [2.24, 2.45) is 17.2 Å². The smallest absolute Gasteiger partial charge is 0.0238 e. The second-order valence-corrected chi connectivity index (χ2v) is 5.06. The minimum Gasteiger partial charge on any atom is -0.271 e. The van der Waals surface area contributed by atoms with E-state index in [2.05, 4.69) is 26.2 Å². The first-order chi connectivity index (χ1) is 6.10. The van der Waals surface area contributed by atoms with Gasteiger partial charge in [-0.3, -0.25) is 11.3 Å². The van der Waals surface area contributed by atoms with Crippen LogP contribution in [0.4, 0.5) is 0 Å². The van der Waals surface area contributed by atoms with Crippen LogP contribution in [0.5, 0.6) is 0 Å². The third-order valence-electron chi connectivity index (χ3n) is 3.58. The average molecular weight is 184 g/mol. The van der Waals surface area contributed by atoms with Crippen molar-refractivity contribution < 1.29 is 0 Å². The Morgan fingerprint density at radius 3 is 2.15 bits per heavy atom. The molecule has 0 aliphatic heterocycles. The number of nitrogens with one attached hydrogen (secondary N) is 1. The molecule has 1 fully saturated rings. The Morgan fingerprint density at radius 2 is 1.77 bits per heavy atom. The molecule has 1 unspecified atom stereocenters. The molecule has 0 aromatic carbocycles. The van der Waals surface area contributed by atoms with Crippen molar-refractivity contribution in [1.29, 1.82) is 0 Å². The Bertz CT molecular complexity index is 148. The number of hydrogen-bond acceptors (Lipinski definition) is 2. The van der Waals surface area contributed by atoms with Crippen molar-refractivity contribution >= 4 is 0 Å². The van der Waals surface area contributed by atoms with E-state index in [1.807, 2.05) is 0 Å². The van der Waals surface area contributed by atoms with Gasteiger partial charge in [0.1, 0.15) is 0 Å². The van der Waals surface area contributed by atoms with Gasteiger partial charge in [-0.15, -0.1) is 0 Å². The van der Waals surface area contributed by atoms with E-state index >= 15 is 0 Å². The predicted molar refractivity (Wildman–Crippen MR) is 57.1 cm³/mol. The molecule has 13 heavy (non-hydrogen) atoms. The topological polar surface area (TPSA) is 38.0 Å². The Balaban J connectivity index is 2.62. The number of hydrazine groups is 1. The fourth-order valence-electron chi connectivity index (χ4n) is 2.88. The molecule has 1 atom stereocenters. The summed E-state index contributed by atoms with van der Waals surface area (Å²) in [7, 11) is 0. The number of nitrogens with two attached hydrogens (primary N) is 1. The maximum absolute atomic E-state index is 5.56. The van der Waals surface area contributed by atoms with E-state index in [-0.39, 0.29) is 0 Å². The van der Waals surface area contributed by atoms with Gasteiger partial charge in [0.15, 0.2) is 0 Å². The van der Waals surface area contributed by atoms with E-state index in [0.29, 0.717) is 11.5 Å². The maximum atomic E-state index is 5.56. The van der Waals surface area contributed by atoms with E-state index in [1.165, 1.54) is 32.1 Å². The van der Waals surface area contributed by atoms with Gasteiger partial charge >= 0.3 is 0 Å². The highest BCUT2D eigenvalue weighted by Gasteiger charge is 2.38. The van der Waals surface area contributed by atoms with Crippen LogP contribution in [-0.2, 0) is 0 Å². The second-order valence-electron chi connectivity index (χ2n) is 5.06. The quantitative estimate of drug-likeness (QED) is 0.520. The van der Waals surface area contributed by atoms with E-state index in [4.69, 9.17) is 5.84 Å². The van der Waals surface area contributed by atoms with Crippen molar-refractivity contribution in [2.45, 2.75) is 58.9 Å². The molecular formula is C11H24N2. The van der Waals surface area contributed by atoms with Crippen molar-refractivity contribution in [3.63, 3.8) is 0 Å². The second kappa shape index (κ2) is 4.43. The lowest BCUT2D eigenvalue weighted by atomic mass is 9.73. The van der Waals surface area contributed by atoms with Gasteiger partial charge in [0.25, 0.3) is 0 Å². The van der Waals surface area contributed by atoms with E-state index in [9.17, 15) is 0 Å². The van der Waals surface area contributed by atoms with Gasteiger partial charge < -0.3 is 0 Å². The van der Waals surface area contributed by atoms with Gasteiger partial charge in [0.2, 0.25) is 0 Å². The molecule has 1 rings (SSSR count). The van der Waals surface area contributed by atoms with Crippen molar-refractivity contribution in [3.05, 3.63) is 0 Å². The molecule has 0 aromatic rings. The van der Waals surface area contributed by atoms with E-state index < -0.39 is 0 Å². The first-order valence-electron chi connectivity index (χ1n) is 5.57. The van der Waals surface area contributed by atoms with Crippen molar-refractivity contribution in [3.8, 4) is 0 Å². The van der Waals surface area contributed by atoms with Gasteiger partial charge in [-0.25, -0.2) is 0 Å². The molecular weight excluding hydrogens is 160 g/mol. The average Bonchev–Trinajstić information content (AvgIpc) is 2.51. The molecule has 0 amide bonds. The Hall–Kier alpha value is -0.0800. The van der Waals surface area contributed by atoms with Gasteiger partial charge in [-0.05, 0) is 37.5 Å². The first-order valence-corrected chi connectivity index (χ1v) is 5.57. The lowest BCUT2D eigenvalue weighted by molar-refractivity contribution is 0.166. The molecule has 2 heteroatoms. The van der Waals surface area contributed by atoms with Crippen LogP contribution < -0.4 is 11.3 Å². The Labute approximate surface area is 82.2 Å². The van der Waals surface area contributed by atoms with Crippen molar-refractivity contribution in [1.82, 2.24) is 5.43 Å². The van der Waals surface area contributed by atoms with Crippen LogP contribution in [0.2, 0.25) is 0 Å². The zero-order valence-electron chi connectivity index (χ0n) is 9.27. The monoisotopic (exact) mass is 184 g/mol. The van der Waals surface area contributed by atoms with Crippen LogP contribution >= 0.6 is 0 Å².